The Morgan fingerprint density at radius 1 is 1.15 bits per heavy atom. The highest BCUT2D eigenvalue weighted by molar-refractivity contribution is 6.02. The van der Waals surface area contributed by atoms with Gasteiger partial charge in [-0.05, 0) is 30.7 Å². The van der Waals surface area contributed by atoms with Gasteiger partial charge in [-0.15, -0.1) is 0 Å². The number of hydrazone groups is 1. The van der Waals surface area contributed by atoms with Crippen molar-refractivity contribution in [1.82, 2.24) is 5.01 Å². The fraction of sp³-hybridized carbons (Fsp3) is 0.250. The summed E-state index contributed by atoms with van der Waals surface area (Å²) in [5.74, 6) is 0.648. The van der Waals surface area contributed by atoms with Crippen LogP contribution >= 0.6 is 0 Å². The number of benzene rings is 2. The summed E-state index contributed by atoms with van der Waals surface area (Å²) in [7, 11) is 0. The minimum Gasteiger partial charge on any atom is -0.490 e. The molecule has 1 aliphatic heterocycles. The van der Waals surface area contributed by atoms with Crippen molar-refractivity contribution in [2.75, 3.05) is 19.8 Å². The second-order valence-electron chi connectivity index (χ2n) is 5.73. The van der Waals surface area contributed by atoms with Gasteiger partial charge in [0, 0.05) is 12.0 Å². The Hall–Kier alpha value is -3.15. The molecule has 0 radical (unpaired) electrons. The van der Waals surface area contributed by atoms with Gasteiger partial charge >= 0.3 is 0 Å². The molecule has 134 valence electrons. The molecule has 1 aliphatic rings. The molecule has 6 heteroatoms. The maximum Gasteiger partial charge on any atom is 0.280 e. The lowest BCUT2D eigenvalue weighted by Gasteiger charge is -2.14. The molecule has 0 aliphatic carbocycles. The van der Waals surface area contributed by atoms with Crippen molar-refractivity contribution in [3.63, 3.8) is 0 Å². The van der Waals surface area contributed by atoms with E-state index < -0.39 is 0 Å². The SMILES string of the molecule is CCOc1cc(C=O)ccc1OCC(=O)N1CCC(c2ccccc2)=N1. The summed E-state index contributed by atoms with van der Waals surface area (Å²) >= 11 is 0. The number of hydrogen-bond acceptors (Lipinski definition) is 5. The van der Waals surface area contributed by atoms with E-state index in [-0.39, 0.29) is 12.5 Å². The smallest absolute Gasteiger partial charge is 0.280 e. The lowest BCUT2D eigenvalue weighted by Crippen LogP contribution is -2.28. The van der Waals surface area contributed by atoms with Gasteiger partial charge in [-0.25, -0.2) is 5.01 Å². The molecule has 0 bridgehead atoms. The van der Waals surface area contributed by atoms with Crippen LogP contribution in [0.4, 0.5) is 0 Å². The maximum atomic E-state index is 12.4. The first kappa shape index (κ1) is 17.7. The number of rotatable bonds is 7. The maximum absolute atomic E-state index is 12.4. The molecule has 6 nitrogen and oxygen atoms in total. The summed E-state index contributed by atoms with van der Waals surface area (Å²) in [5, 5.41) is 5.83. The molecule has 2 aromatic rings. The molecule has 1 heterocycles. The van der Waals surface area contributed by atoms with Crippen molar-refractivity contribution in [2.24, 2.45) is 5.10 Å². The van der Waals surface area contributed by atoms with E-state index in [1.807, 2.05) is 37.3 Å². The molecule has 0 unspecified atom stereocenters. The van der Waals surface area contributed by atoms with Crippen LogP contribution in [-0.2, 0) is 4.79 Å². The van der Waals surface area contributed by atoms with Crippen molar-refractivity contribution in [3.05, 3.63) is 59.7 Å². The second kappa shape index (κ2) is 8.29. The van der Waals surface area contributed by atoms with Crippen LogP contribution in [0.2, 0.25) is 0 Å². The summed E-state index contributed by atoms with van der Waals surface area (Å²) in [6.45, 7) is 2.66. The molecule has 3 rings (SSSR count). The van der Waals surface area contributed by atoms with Crippen molar-refractivity contribution in [3.8, 4) is 11.5 Å². The fourth-order valence-corrected chi connectivity index (χ4v) is 2.67. The van der Waals surface area contributed by atoms with E-state index in [2.05, 4.69) is 5.10 Å². The standard InChI is InChI=1S/C20H20N2O4/c1-2-25-19-12-15(13-23)8-9-18(19)26-14-20(24)22-11-10-17(21-22)16-6-4-3-5-7-16/h3-9,12-13H,2,10-11,14H2,1H3. The summed E-state index contributed by atoms with van der Waals surface area (Å²) in [4.78, 5) is 23.3. The van der Waals surface area contributed by atoms with Crippen molar-refractivity contribution in [2.45, 2.75) is 13.3 Å². The zero-order valence-electron chi connectivity index (χ0n) is 14.6. The van der Waals surface area contributed by atoms with E-state index in [4.69, 9.17) is 9.47 Å². The molecule has 0 fully saturated rings. The Morgan fingerprint density at radius 2 is 1.96 bits per heavy atom. The minimum atomic E-state index is -0.224. The molecule has 2 aromatic carbocycles. The largest absolute Gasteiger partial charge is 0.490 e. The van der Waals surface area contributed by atoms with Gasteiger partial charge < -0.3 is 9.47 Å². The van der Waals surface area contributed by atoms with Crippen LogP contribution in [0.3, 0.4) is 0 Å². The van der Waals surface area contributed by atoms with E-state index in [0.717, 1.165) is 17.6 Å². The lowest BCUT2D eigenvalue weighted by molar-refractivity contribution is -0.132. The Kier molecular flexibility index (Phi) is 5.63. The number of aldehydes is 1. The number of amides is 1. The van der Waals surface area contributed by atoms with E-state index >= 15 is 0 Å². The van der Waals surface area contributed by atoms with E-state index in [9.17, 15) is 9.59 Å². The molecule has 0 N–H and O–H groups in total. The number of ether oxygens (including phenoxy) is 2. The van der Waals surface area contributed by atoms with Crippen LogP contribution in [-0.4, -0.2) is 42.7 Å². The Morgan fingerprint density at radius 3 is 2.69 bits per heavy atom. The van der Waals surface area contributed by atoms with Gasteiger partial charge in [-0.2, -0.15) is 5.10 Å². The van der Waals surface area contributed by atoms with E-state index in [0.29, 0.717) is 36.6 Å². The lowest BCUT2D eigenvalue weighted by atomic mass is 10.1. The number of hydrogen-bond donors (Lipinski definition) is 0. The normalized spacial score (nSPS) is 13.3. The molecular weight excluding hydrogens is 332 g/mol. The highest BCUT2D eigenvalue weighted by Crippen LogP contribution is 2.28. The van der Waals surface area contributed by atoms with Crippen LogP contribution in [0.25, 0.3) is 0 Å². The monoisotopic (exact) mass is 352 g/mol. The fourth-order valence-electron chi connectivity index (χ4n) is 2.67. The van der Waals surface area contributed by atoms with Gasteiger partial charge in [0.2, 0.25) is 0 Å². The third-order valence-electron chi connectivity index (χ3n) is 3.95. The van der Waals surface area contributed by atoms with Gasteiger partial charge in [0.1, 0.15) is 6.29 Å². The third-order valence-corrected chi connectivity index (χ3v) is 3.95. The van der Waals surface area contributed by atoms with Crippen LogP contribution in [0.15, 0.2) is 53.6 Å². The van der Waals surface area contributed by atoms with Crippen LogP contribution in [0.5, 0.6) is 11.5 Å². The molecule has 0 aromatic heterocycles. The number of carbonyl (C=O) groups is 2. The quantitative estimate of drug-likeness (QED) is 0.719. The highest BCUT2D eigenvalue weighted by Gasteiger charge is 2.22. The first-order chi connectivity index (χ1) is 12.7. The summed E-state index contributed by atoms with van der Waals surface area (Å²) in [5.41, 5.74) is 2.40. The Balaban J connectivity index is 1.64. The van der Waals surface area contributed by atoms with E-state index in [1.165, 1.54) is 5.01 Å². The first-order valence-electron chi connectivity index (χ1n) is 8.49. The molecular formula is C20H20N2O4. The second-order valence-corrected chi connectivity index (χ2v) is 5.73. The van der Waals surface area contributed by atoms with Crippen LogP contribution < -0.4 is 9.47 Å². The Bertz CT molecular complexity index is 818. The molecule has 0 spiro atoms. The third kappa shape index (κ3) is 4.08. The highest BCUT2D eigenvalue weighted by atomic mass is 16.5. The average Bonchev–Trinajstić information content (AvgIpc) is 3.18. The molecule has 0 saturated heterocycles. The van der Waals surface area contributed by atoms with Gasteiger partial charge in [-0.1, -0.05) is 30.3 Å². The summed E-state index contributed by atoms with van der Waals surface area (Å²) in [6, 6.07) is 14.6. The number of carbonyl (C=O) groups excluding carboxylic acids is 2. The van der Waals surface area contributed by atoms with Crippen LogP contribution in [0.1, 0.15) is 29.3 Å². The van der Waals surface area contributed by atoms with Crippen molar-refractivity contribution >= 4 is 17.9 Å². The topological polar surface area (TPSA) is 68.2 Å². The van der Waals surface area contributed by atoms with Crippen LogP contribution in [0, 0.1) is 0 Å². The zero-order chi connectivity index (χ0) is 18.4. The summed E-state index contributed by atoms with van der Waals surface area (Å²) in [6.07, 6.45) is 1.45. The van der Waals surface area contributed by atoms with Gasteiger partial charge in [-0.3, -0.25) is 9.59 Å². The average molecular weight is 352 g/mol. The van der Waals surface area contributed by atoms with Gasteiger partial charge in [0.25, 0.3) is 5.91 Å². The first-order valence-corrected chi connectivity index (χ1v) is 8.49. The van der Waals surface area contributed by atoms with E-state index in [1.54, 1.807) is 18.2 Å². The molecule has 0 atom stereocenters. The van der Waals surface area contributed by atoms with Gasteiger partial charge in [0.15, 0.2) is 18.1 Å². The minimum absolute atomic E-state index is 0.147. The molecule has 1 amide bonds. The zero-order valence-corrected chi connectivity index (χ0v) is 14.6. The number of nitrogens with zero attached hydrogens (tertiary/aromatic N) is 2. The van der Waals surface area contributed by atoms with Crippen molar-refractivity contribution < 1.29 is 19.1 Å². The predicted molar refractivity (Wildman–Crippen MR) is 97.8 cm³/mol. The Labute approximate surface area is 152 Å². The van der Waals surface area contributed by atoms with Gasteiger partial charge in [0.05, 0.1) is 18.9 Å². The van der Waals surface area contributed by atoms with Crippen molar-refractivity contribution in [1.29, 1.82) is 0 Å². The molecule has 26 heavy (non-hydrogen) atoms. The predicted octanol–water partition coefficient (Wildman–Crippen LogP) is 2.91. The molecule has 0 saturated carbocycles. The summed E-state index contributed by atoms with van der Waals surface area (Å²) < 4.78 is 11.1.